The number of aromatic nitrogens is 8. The van der Waals surface area contributed by atoms with Crippen LogP contribution in [0.3, 0.4) is 0 Å². The standard InChI is InChI=1S/C42H45N13O8/c1-6-54-30(15-23(3)49-54)38(58)47-40-45-28-17-26(36(43)56)19-32(62-5)34(28)52(40)12-8-9-13-53-35-29(46-41(53)48-39(59)31-16-24(4)50-55(31)7-2)18-27(37(44)57)20-33(35)63-14-10-11-25-21-51(22-25)42(60)61/h8-9,15-20,25H,6-7,12-14,21-22H2,1-5H3,(H2,43,56)(H2,44,57)(H,60,61)(H,45,47,58)(H,46,48,59)/b9-8+. The number of hydrogen-bond acceptors (Lipinski definition) is 11. The Kier molecular flexibility index (Phi) is 12.2. The van der Waals surface area contributed by atoms with E-state index in [0.29, 0.717) is 52.4 Å². The predicted molar refractivity (Wildman–Crippen MR) is 230 cm³/mol. The highest BCUT2D eigenvalue weighted by Crippen LogP contribution is 2.33. The van der Waals surface area contributed by atoms with Gasteiger partial charge >= 0.3 is 6.09 Å². The van der Waals surface area contributed by atoms with Crippen molar-refractivity contribution in [2.75, 3.05) is 37.4 Å². The van der Waals surface area contributed by atoms with Gasteiger partial charge in [0.25, 0.3) is 11.8 Å². The smallest absolute Gasteiger partial charge is 0.407 e. The van der Waals surface area contributed by atoms with Gasteiger partial charge in [-0.1, -0.05) is 24.0 Å². The first-order valence-corrected chi connectivity index (χ1v) is 19.9. The van der Waals surface area contributed by atoms with Crippen molar-refractivity contribution < 1.29 is 38.6 Å². The first-order chi connectivity index (χ1) is 30.2. The van der Waals surface area contributed by atoms with Crippen LogP contribution in [0.15, 0.2) is 48.6 Å². The van der Waals surface area contributed by atoms with Gasteiger partial charge < -0.3 is 40.1 Å². The lowest BCUT2D eigenvalue weighted by atomic mass is 10.0. The maximum absolute atomic E-state index is 13.8. The number of nitrogens with zero attached hydrogens (tertiary/aromatic N) is 9. The molecule has 4 aromatic heterocycles. The second-order valence-electron chi connectivity index (χ2n) is 14.6. The van der Waals surface area contributed by atoms with Crippen LogP contribution in [-0.2, 0) is 26.2 Å². The van der Waals surface area contributed by atoms with E-state index in [1.807, 2.05) is 13.8 Å². The van der Waals surface area contributed by atoms with Crippen molar-refractivity contribution in [3.8, 4) is 23.3 Å². The minimum Gasteiger partial charge on any atom is -0.494 e. The van der Waals surface area contributed by atoms with Gasteiger partial charge in [-0.15, -0.1) is 0 Å². The zero-order chi connectivity index (χ0) is 45.1. The van der Waals surface area contributed by atoms with E-state index in [1.165, 1.54) is 36.3 Å². The van der Waals surface area contributed by atoms with E-state index in [1.54, 1.807) is 56.6 Å². The van der Waals surface area contributed by atoms with E-state index in [-0.39, 0.29) is 78.7 Å². The maximum Gasteiger partial charge on any atom is 0.407 e. The van der Waals surface area contributed by atoms with Crippen molar-refractivity contribution in [1.29, 1.82) is 0 Å². The number of imidazole rings is 2. The molecule has 7 N–H and O–H groups in total. The molecule has 63 heavy (non-hydrogen) atoms. The summed E-state index contributed by atoms with van der Waals surface area (Å²) < 4.78 is 18.4. The highest BCUT2D eigenvalue weighted by Gasteiger charge is 2.29. The zero-order valence-corrected chi connectivity index (χ0v) is 35.1. The van der Waals surface area contributed by atoms with Crippen LogP contribution < -0.4 is 31.6 Å². The first kappa shape index (κ1) is 43.0. The molecular weight excluding hydrogens is 815 g/mol. The van der Waals surface area contributed by atoms with E-state index in [9.17, 15) is 24.0 Å². The second-order valence-corrected chi connectivity index (χ2v) is 14.6. The van der Waals surface area contributed by atoms with Crippen LogP contribution in [0.25, 0.3) is 22.1 Å². The molecule has 1 saturated heterocycles. The van der Waals surface area contributed by atoms with Crippen molar-refractivity contribution in [2.24, 2.45) is 17.4 Å². The van der Waals surface area contributed by atoms with Crippen molar-refractivity contribution in [3.05, 3.63) is 82.5 Å². The Bertz CT molecular complexity index is 2900. The van der Waals surface area contributed by atoms with E-state index >= 15 is 0 Å². The Hall–Kier alpha value is -8.15. The van der Waals surface area contributed by atoms with Crippen LogP contribution >= 0.6 is 0 Å². The number of ether oxygens (including phenoxy) is 2. The van der Waals surface area contributed by atoms with Crippen molar-refractivity contribution in [2.45, 2.75) is 53.9 Å². The van der Waals surface area contributed by atoms with Crippen molar-refractivity contribution in [1.82, 2.24) is 43.6 Å². The highest BCUT2D eigenvalue weighted by molar-refractivity contribution is 6.05. The molecule has 5 amide bonds. The summed E-state index contributed by atoms with van der Waals surface area (Å²) in [4.78, 5) is 74.0. The number of carbonyl (C=O) groups excluding carboxylic acids is 4. The van der Waals surface area contributed by atoms with Gasteiger partial charge in [-0.3, -0.25) is 39.2 Å². The number of nitrogens with one attached hydrogen (secondary N) is 2. The molecule has 0 saturated carbocycles. The maximum atomic E-state index is 13.8. The number of primary amides is 2. The lowest BCUT2D eigenvalue weighted by Gasteiger charge is -2.33. The number of benzene rings is 2. The third-order valence-electron chi connectivity index (χ3n) is 10.2. The van der Waals surface area contributed by atoms with Gasteiger partial charge in [-0.2, -0.15) is 10.2 Å². The van der Waals surface area contributed by atoms with Gasteiger partial charge in [0.1, 0.15) is 40.5 Å². The number of anilines is 2. The molecule has 5 heterocycles. The molecule has 1 fully saturated rings. The van der Waals surface area contributed by atoms with Crippen LogP contribution in [0.4, 0.5) is 16.7 Å². The molecule has 326 valence electrons. The molecule has 6 aromatic rings. The molecule has 0 atom stereocenters. The number of amides is 5. The molecule has 0 aliphatic carbocycles. The predicted octanol–water partition coefficient (Wildman–Crippen LogP) is 3.40. The van der Waals surface area contributed by atoms with Crippen LogP contribution in [0, 0.1) is 31.6 Å². The Balaban J connectivity index is 1.26. The third kappa shape index (κ3) is 8.86. The van der Waals surface area contributed by atoms with E-state index in [4.69, 9.17) is 31.0 Å². The minimum atomic E-state index is -1.01. The molecule has 1 aliphatic rings. The number of fused-ring (bicyclic) bond motifs is 2. The van der Waals surface area contributed by atoms with Crippen molar-refractivity contribution in [3.63, 3.8) is 0 Å². The van der Waals surface area contributed by atoms with Gasteiger partial charge in [0, 0.05) is 50.4 Å². The lowest BCUT2D eigenvalue weighted by molar-refractivity contribution is 0.0991. The van der Waals surface area contributed by atoms with Crippen molar-refractivity contribution >= 4 is 63.7 Å². The Morgan fingerprint density at radius 2 is 1.25 bits per heavy atom. The summed E-state index contributed by atoms with van der Waals surface area (Å²) in [5, 5.41) is 23.7. The van der Waals surface area contributed by atoms with Gasteiger partial charge in [-0.05, 0) is 64.1 Å². The number of methoxy groups -OCH3 is 1. The Morgan fingerprint density at radius 1 is 0.778 bits per heavy atom. The number of carbonyl (C=O) groups is 5. The third-order valence-corrected chi connectivity index (χ3v) is 10.2. The summed E-state index contributed by atoms with van der Waals surface area (Å²) >= 11 is 0. The number of hydrogen-bond donors (Lipinski definition) is 5. The highest BCUT2D eigenvalue weighted by atomic mass is 16.5. The number of aryl methyl sites for hydroxylation is 4. The Morgan fingerprint density at radius 3 is 1.70 bits per heavy atom. The molecular formula is C42H45N13O8. The van der Waals surface area contributed by atoms with Gasteiger partial charge in [0.2, 0.25) is 23.7 Å². The molecule has 2 aromatic carbocycles. The van der Waals surface area contributed by atoms with E-state index in [0.717, 1.165) is 0 Å². The molecule has 0 radical (unpaired) electrons. The number of nitrogens with two attached hydrogens (primary N) is 2. The lowest BCUT2D eigenvalue weighted by Crippen LogP contribution is -2.48. The number of rotatable bonds is 15. The minimum absolute atomic E-state index is 0.0927. The summed E-state index contributed by atoms with van der Waals surface area (Å²) in [7, 11) is 1.44. The molecule has 7 rings (SSSR count). The van der Waals surface area contributed by atoms with Crippen LogP contribution in [0.2, 0.25) is 0 Å². The summed E-state index contributed by atoms with van der Waals surface area (Å²) in [6.45, 7) is 8.87. The largest absolute Gasteiger partial charge is 0.494 e. The normalized spacial score (nSPS) is 12.6. The fraction of sp³-hybridized carbons (Fsp3) is 0.310. The SMILES string of the molecule is CCn1nc(C)cc1C(=O)Nc1nc2cc(C(N)=O)cc(OC)c2n1C/C=C/Cn1c(NC(=O)c2cc(C)nn2CC)nc2cc(C(N)=O)cc(OCC#CC3CN(C(=O)O)C3)c21. The number of carboxylic acid groups (broad SMARTS) is 1. The average molecular weight is 860 g/mol. The average Bonchev–Trinajstić information content (AvgIpc) is 4.00. The van der Waals surface area contributed by atoms with Crippen LogP contribution in [0.5, 0.6) is 11.5 Å². The molecule has 21 heteroatoms. The summed E-state index contributed by atoms with van der Waals surface area (Å²) in [6.07, 6.45) is 2.59. The molecule has 0 spiro atoms. The van der Waals surface area contributed by atoms with Crippen LogP contribution in [0.1, 0.15) is 66.9 Å². The molecule has 0 bridgehead atoms. The topological polar surface area (TPSA) is 275 Å². The molecule has 0 unspecified atom stereocenters. The fourth-order valence-electron chi connectivity index (χ4n) is 7.21. The first-order valence-electron chi connectivity index (χ1n) is 19.9. The molecule has 1 aliphatic heterocycles. The van der Waals surface area contributed by atoms with E-state index < -0.39 is 29.7 Å². The zero-order valence-electron chi connectivity index (χ0n) is 35.1. The van der Waals surface area contributed by atoms with Crippen LogP contribution in [-0.4, -0.2) is 105 Å². The Labute approximate surface area is 359 Å². The van der Waals surface area contributed by atoms with E-state index in [2.05, 4.69) is 37.7 Å². The fourth-order valence-corrected chi connectivity index (χ4v) is 7.21. The number of allylic oxidation sites excluding steroid dienone is 2. The summed E-state index contributed by atoms with van der Waals surface area (Å²) in [5.41, 5.74) is 15.0. The molecule has 21 nitrogen and oxygen atoms in total. The van der Waals surface area contributed by atoms with Gasteiger partial charge in [-0.25, -0.2) is 14.8 Å². The van der Waals surface area contributed by atoms with Gasteiger partial charge in [0.05, 0.1) is 35.4 Å². The second kappa shape index (κ2) is 17.8. The number of likely N-dealkylation sites (tertiary alicyclic amines) is 1. The monoisotopic (exact) mass is 859 g/mol. The quantitative estimate of drug-likeness (QED) is 0.0735. The summed E-state index contributed by atoms with van der Waals surface area (Å²) in [5.74, 6) is 4.20. The van der Waals surface area contributed by atoms with Gasteiger partial charge in [0.15, 0.2) is 0 Å². The summed E-state index contributed by atoms with van der Waals surface area (Å²) in [6, 6.07) is 9.29.